The van der Waals surface area contributed by atoms with Crippen LogP contribution >= 0.6 is 0 Å². The largest absolute Gasteiger partial charge is 0.367 e. The number of aryl methyl sites for hydroxylation is 2. The van der Waals surface area contributed by atoms with Crippen LogP contribution in [0.25, 0.3) is 11.2 Å². The minimum atomic E-state index is -0.294. The zero-order valence-corrected chi connectivity index (χ0v) is 15.8. The number of fused-ring (bicyclic) bond motifs is 1. The molecular weight excluding hydrogens is 320 g/mol. The van der Waals surface area contributed by atoms with Crippen LogP contribution in [0.1, 0.15) is 46.5 Å². The van der Waals surface area contributed by atoms with Crippen molar-refractivity contribution < 1.29 is 4.74 Å². The quantitative estimate of drug-likeness (QED) is 0.715. The van der Waals surface area contributed by atoms with Gasteiger partial charge in [0.2, 0.25) is 0 Å². The molecule has 0 aliphatic carbocycles. The van der Waals surface area contributed by atoms with Crippen LogP contribution in [0.4, 0.5) is 0 Å². The summed E-state index contributed by atoms with van der Waals surface area (Å²) in [5.41, 5.74) is 0.422. The van der Waals surface area contributed by atoms with Gasteiger partial charge in [0.25, 0.3) is 5.56 Å². The first-order valence-electron chi connectivity index (χ1n) is 9.01. The molecule has 0 amide bonds. The van der Waals surface area contributed by atoms with Gasteiger partial charge in [0, 0.05) is 20.6 Å². The Morgan fingerprint density at radius 1 is 1.28 bits per heavy atom. The van der Waals surface area contributed by atoms with Crippen LogP contribution in [0.15, 0.2) is 15.9 Å². The molecule has 2 unspecified atom stereocenters. The monoisotopic (exact) mass is 348 g/mol. The lowest BCUT2D eigenvalue weighted by Gasteiger charge is -2.12. The topological polar surface area (TPSA) is 74.3 Å². The number of rotatable bonds is 7. The molecule has 2 atom stereocenters. The average Bonchev–Trinajstić information content (AvgIpc) is 2.97. The summed E-state index contributed by atoms with van der Waals surface area (Å²) in [6.07, 6.45) is 5.95. The second-order valence-electron chi connectivity index (χ2n) is 7.86. The molecule has 2 aromatic rings. The maximum absolute atomic E-state index is 12.6. The number of aromatic nitrogens is 4. The van der Waals surface area contributed by atoms with Gasteiger partial charge >= 0.3 is 5.69 Å². The Bertz CT molecular complexity index is 890. The van der Waals surface area contributed by atoms with E-state index in [0.29, 0.717) is 29.7 Å². The van der Waals surface area contributed by atoms with Gasteiger partial charge in [0.1, 0.15) is 0 Å². The number of ether oxygens (including phenoxy) is 1. The molecule has 7 nitrogen and oxygen atoms in total. The average molecular weight is 348 g/mol. The van der Waals surface area contributed by atoms with Gasteiger partial charge in [-0.05, 0) is 45.4 Å². The number of nitrogens with zero attached hydrogens (tertiary/aromatic N) is 4. The van der Waals surface area contributed by atoms with Gasteiger partial charge in [0.05, 0.1) is 18.0 Å². The van der Waals surface area contributed by atoms with Gasteiger partial charge in [0.15, 0.2) is 11.2 Å². The highest BCUT2D eigenvalue weighted by molar-refractivity contribution is 5.69. The van der Waals surface area contributed by atoms with E-state index in [1.165, 1.54) is 9.13 Å². The van der Waals surface area contributed by atoms with Crippen LogP contribution in [-0.4, -0.2) is 30.4 Å². The van der Waals surface area contributed by atoms with E-state index in [4.69, 9.17) is 4.74 Å². The molecule has 0 bridgehead atoms. The van der Waals surface area contributed by atoms with Crippen molar-refractivity contribution in [3.05, 3.63) is 27.2 Å². The van der Waals surface area contributed by atoms with Crippen molar-refractivity contribution in [2.75, 3.05) is 0 Å². The summed E-state index contributed by atoms with van der Waals surface area (Å²) in [4.78, 5) is 29.2. The third-order valence-corrected chi connectivity index (χ3v) is 5.37. The molecule has 1 saturated heterocycles. The van der Waals surface area contributed by atoms with E-state index >= 15 is 0 Å². The second-order valence-corrected chi connectivity index (χ2v) is 7.86. The van der Waals surface area contributed by atoms with Gasteiger partial charge in [-0.2, -0.15) is 0 Å². The molecule has 1 aliphatic rings. The number of hydrogen-bond donors (Lipinski definition) is 0. The first kappa shape index (κ1) is 17.9. The molecule has 3 rings (SSSR count). The lowest BCUT2D eigenvalue weighted by Crippen LogP contribution is -2.39. The summed E-state index contributed by atoms with van der Waals surface area (Å²) in [7, 11) is 3.43. The number of imidazole rings is 1. The molecule has 0 N–H and O–H groups in total. The van der Waals surface area contributed by atoms with E-state index in [1.807, 2.05) is 0 Å². The van der Waals surface area contributed by atoms with Crippen molar-refractivity contribution in [1.82, 2.24) is 18.7 Å². The van der Waals surface area contributed by atoms with Crippen molar-refractivity contribution in [3.63, 3.8) is 0 Å². The summed E-state index contributed by atoms with van der Waals surface area (Å²) in [6, 6.07) is 0. The minimum Gasteiger partial charge on any atom is -0.367 e. The standard InChI is InChI=1S/C18H28N4O3/c1-12(8-9-13-18(2,3)25-13)7-6-10-22-16(23)14-15(19-11-20(14)4)21(5)17(22)24/h11-13H,6-10H2,1-5H3. The maximum Gasteiger partial charge on any atom is 0.332 e. The second kappa shape index (κ2) is 6.44. The lowest BCUT2D eigenvalue weighted by atomic mass is 9.96. The predicted octanol–water partition coefficient (Wildman–Crippen LogP) is 1.81. The molecule has 7 heteroatoms. The van der Waals surface area contributed by atoms with E-state index in [0.717, 1.165) is 25.7 Å². The van der Waals surface area contributed by atoms with Gasteiger partial charge < -0.3 is 9.30 Å². The highest BCUT2D eigenvalue weighted by Gasteiger charge is 2.46. The van der Waals surface area contributed by atoms with Crippen molar-refractivity contribution in [2.24, 2.45) is 20.0 Å². The molecule has 0 aromatic carbocycles. The zero-order valence-electron chi connectivity index (χ0n) is 15.8. The van der Waals surface area contributed by atoms with Crippen molar-refractivity contribution >= 4 is 11.2 Å². The molecule has 138 valence electrons. The molecule has 1 fully saturated rings. The Hall–Kier alpha value is -1.89. The summed E-state index contributed by atoms with van der Waals surface area (Å²) >= 11 is 0. The fraction of sp³-hybridized carbons (Fsp3) is 0.722. The highest BCUT2D eigenvalue weighted by atomic mass is 16.6. The Labute approximate surface area is 147 Å². The fourth-order valence-electron chi connectivity index (χ4n) is 3.51. The smallest absolute Gasteiger partial charge is 0.332 e. The lowest BCUT2D eigenvalue weighted by molar-refractivity contribution is 0.311. The Kier molecular flexibility index (Phi) is 4.62. The van der Waals surface area contributed by atoms with Crippen molar-refractivity contribution in [3.8, 4) is 0 Å². The van der Waals surface area contributed by atoms with Crippen molar-refractivity contribution in [2.45, 2.75) is 64.7 Å². The number of hydrogen-bond acceptors (Lipinski definition) is 4. The summed E-state index contributed by atoms with van der Waals surface area (Å²) in [5, 5.41) is 0. The van der Waals surface area contributed by atoms with Gasteiger partial charge in [-0.3, -0.25) is 13.9 Å². The molecule has 0 spiro atoms. The summed E-state index contributed by atoms with van der Waals surface area (Å²) in [6.45, 7) is 6.92. The Morgan fingerprint density at radius 3 is 2.60 bits per heavy atom. The molecule has 3 heterocycles. The predicted molar refractivity (Wildman–Crippen MR) is 96.8 cm³/mol. The van der Waals surface area contributed by atoms with Gasteiger partial charge in [-0.1, -0.05) is 6.92 Å². The first-order chi connectivity index (χ1) is 11.7. The van der Waals surface area contributed by atoms with E-state index in [9.17, 15) is 9.59 Å². The minimum absolute atomic E-state index is 0.0533. The van der Waals surface area contributed by atoms with Crippen LogP contribution in [0.3, 0.4) is 0 Å². The Balaban J connectivity index is 1.62. The number of epoxide rings is 1. The van der Waals surface area contributed by atoms with Crippen molar-refractivity contribution in [1.29, 1.82) is 0 Å². The highest BCUT2D eigenvalue weighted by Crippen LogP contribution is 2.39. The SMILES string of the molecule is CC(CCCn1c(=O)c2c(ncn2C)n(C)c1=O)CCC1OC1(C)C. The van der Waals surface area contributed by atoms with Gasteiger partial charge in [-0.15, -0.1) is 0 Å². The normalized spacial score (nSPS) is 20.1. The molecule has 25 heavy (non-hydrogen) atoms. The van der Waals surface area contributed by atoms with Crippen LogP contribution in [0.5, 0.6) is 0 Å². The summed E-state index contributed by atoms with van der Waals surface area (Å²) in [5.74, 6) is 0.556. The van der Waals surface area contributed by atoms with E-state index in [2.05, 4.69) is 25.8 Å². The Morgan fingerprint density at radius 2 is 1.96 bits per heavy atom. The van der Waals surface area contributed by atoms with Crippen LogP contribution in [0, 0.1) is 5.92 Å². The maximum atomic E-state index is 12.6. The fourth-order valence-corrected chi connectivity index (χ4v) is 3.51. The molecule has 0 radical (unpaired) electrons. The van der Waals surface area contributed by atoms with Crippen LogP contribution < -0.4 is 11.2 Å². The van der Waals surface area contributed by atoms with Crippen LogP contribution in [-0.2, 0) is 25.4 Å². The summed E-state index contributed by atoms with van der Waals surface area (Å²) < 4.78 is 10.1. The van der Waals surface area contributed by atoms with E-state index < -0.39 is 0 Å². The first-order valence-corrected chi connectivity index (χ1v) is 9.01. The zero-order chi connectivity index (χ0) is 18.4. The third kappa shape index (κ3) is 3.42. The molecule has 1 aliphatic heterocycles. The van der Waals surface area contributed by atoms with Gasteiger partial charge in [-0.25, -0.2) is 9.78 Å². The molecule has 0 saturated carbocycles. The molecular formula is C18H28N4O3. The van der Waals surface area contributed by atoms with E-state index in [-0.39, 0.29) is 16.9 Å². The third-order valence-electron chi connectivity index (χ3n) is 5.37. The molecule has 2 aromatic heterocycles. The van der Waals surface area contributed by atoms with Crippen LogP contribution in [0.2, 0.25) is 0 Å². The van der Waals surface area contributed by atoms with E-state index in [1.54, 1.807) is 25.0 Å².